The highest BCUT2D eigenvalue weighted by molar-refractivity contribution is 5.88. The lowest BCUT2D eigenvalue weighted by Crippen LogP contribution is -1.97. The van der Waals surface area contributed by atoms with Gasteiger partial charge in [0.25, 0.3) is 0 Å². The van der Waals surface area contributed by atoms with Gasteiger partial charge in [-0.2, -0.15) is 0 Å². The first-order chi connectivity index (χ1) is 7.16. The number of carbonyl (C=O) groups excluding carboxylic acids is 1. The Balaban J connectivity index is 2.03. The average Bonchev–Trinajstić information content (AvgIpc) is 2.95. The number of carbonyl (C=O) groups is 1. The van der Waals surface area contributed by atoms with Gasteiger partial charge in [-0.3, -0.25) is 0 Å². The van der Waals surface area contributed by atoms with Gasteiger partial charge in [0.05, 0.1) is 13.7 Å². The first-order valence-corrected chi connectivity index (χ1v) is 4.98. The number of rotatable bonds is 4. The van der Waals surface area contributed by atoms with E-state index in [1.807, 2.05) is 6.08 Å². The van der Waals surface area contributed by atoms with Crippen molar-refractivity contribution in [1.82, 2.24) is 0 Å². The lowest BCUT2D eigenvalue weighted by atomic mass is 10.1. The van der Waals surface area contributed by atoms with Crippen molar-refractivity contribution in [3.8, 4) is 11.8 Å². The fraction of sp³-hybridized carbons (Fsp3) is 0.583. The van der Waals surface area contributed by atoms with E-state index in [4.69, 9.17) is 4.74 Å². The molecule has 0 heterocycles. The Labute approximate surface area is 90.4 Å². The molecule has 0 amide bonds. The standard InChI is InChI=1S/C12H16O3/c1-12(7-8-12)6-4-10-15-9-3-5-11(13)14-2/h4,6H,7-10H2,1-2H3/b6-4+. The summed E-state index contributed by atoms with van der Waals surface area (Å²) in [6, 6.07) is 0. The van der Waals surface area contributed by atoms with Gasteiger partial charge in [-0.25, -0.2) is 4.79 Å². The van der Waals surface area contributed by atoms with Crippen LogP contribution in [0, 0.1) is 17.3 Å². The van der Waals surface area contributed by atoms with Gasteiger partial charge in [-0.05, 0) is 18.3 Å². The predicted molar refractivity (Wildman–Crippen MR) is 57.1 cm³/mol. The second-order valence-electron chi connectivity index (χ2n) is 3.86. The molecule has 0 aromatic carbocycles. The summed E-state index contributed by atoms with van der Waals surface area (Å²) in [6.07, 6.45) is 6.73. The maximum atomic E-state index is 10.6. The van der Waals surface area contributed by atoms with Gasteiger partial charge in [0.2, 0.25) is 0 Å². The lowest BCUT2D eigenvalue weighted by molar-refractivity contribution is -0.133. The fourth-order valence-electron chi connectivity index (χ4n) is 1.03. The molecule has 1 fully saturated rings. The van der Waals surface area contributed by atoms with E-state index in [0.717, 1.165) is 0 Å². The summed E-state index contributed by atoms with van der Waals surface area (Å²) in [7, 11) is 1.30. The minimum absolute atomic E-state index is 0.260. The molecule has 0 aliphatic heterocycles. The van der Waals surface area contributed by atoms with E-state index < -0.39 is 5.97 Å². The maximum absolute atomic E-state index is 10.6. The van der Waals surface area contributed by atoms with Crippen LogP contribution in [-0.4, -0.2) is 26.3 Å². The van der Waals surface area contributed by atoms with Crippen LogP contribution in [0.4, 0.5) is 0 Å². The van der Waals surface area contributed by atoms with E-state index in [2.05, 4.69) is 29.6 Å². The summed E-state index contributed by atoms with van der Waals surface area (Å²) in [6.45, 7) is 3.03. The largest absolute Gasteiger partial charge is 0.459 e. The number of allylic oxidation sites excluding steroid dienone is 1. The molecule has 1 aliphatic rings. The topological polar surface area (TPSA) is 35.5 Å². The van der Waals surface area contributed by atoms with Crippen molar-refractivity contribution in [2.75, 3.05) is 20.3 Å². The van der Waals surface area contributed by atoms with Crippen LogP contribution in [-0.2, 0) is 14.3 Å². The van der Waals surface area contributed by atoms with Crippen LogP contribution in [0.3, 0.4) is 0 Å². The van der Waals surface area contributed by atoms with Gasteiger partial charge < -0.3 is 9.47 Å². The van der Waals surface area contributed by atoms with Gasteiger partial charge in [0.15, 0.2) is 0 Å². The highest BCUT2D eigenvalue weighted by Gasteiger charge is 2.33. The molecule has 1 saturated carbocycles. The smallest absolute Gasteiger partial charge is 0.384 e. The monoisotopic (exact) mass is 208 g/mol. The third kappa shape index (κ3) is 5.24. The molecule has 0 aromatic rings. The van der Waals surface area contributed by atoms with Crippen molar-refractivity contribution >= 4 is 5.97 Å². The third-order valence-corrected chi connectivity index (χ3v) is 2.32. The Morgan fingerprint density at radius 1 is 1.53 bits per heavy atom. The van der Waals surface area contributed by atoms with E-state index in [1.165, 1.54) is 20.0 Å². The maximum Gasteiger partial charge on any atom is 0.384 e. The molecule has 0 aromatic heterocycles. The Morgan fingerprint density at radius 3 is 2.87 bits per heavy atom. The Bertz CT molecular complexity index is 303. The predicted octanol–water partition coefficient (Wildman–Crippen LogP) is 1.54. The Hall–Kier alpha value is -1.27. The zero-order chi connectivity index (χ0) is 11.1. The summed E-state index contributed by atoms with van der Waals surface area (Å²) in [5, 5.41) is 0. The second-order valence-corrected chi connectivity index (χ2v) is 3.86. The van der Waals surface area contributed by atoms with Gasteiger partial charge >= 0.3 is 5.97 Å². The number of ether oxygens (including phenoxy) is 2. The van der Waals surface area contributed by atoms with Gasteiger partial charge in [0, 0.05) is 5.92 Å². The van der Waals surface area contributed by atoms with Crippen molar-refractivity contribution in [3.63, 3.8) is 0 Å². The van der Waals surface area contributed by atoms with Crippen molar-refractivity contribution in [2.24, 2.45) is 5.41 Å². The first kappa shape index (κ1) is 11.8. The molecule has 0 saturated heterocycles. The lowest BCUT2D eigenvalue weighted by Gasteiger charge is -1.97. The summed E-state index contributed by atoms with van der Waals surface area (Å²) < 4.78 is 9.53. The first-order valence-electron chi connectivity index (χ1n) is 4.98. The molecule has 3 heteroatoms. The summed E-state index contributed by atoms with van der Waals surface area (Å²) in [5.41, 5.74) is 0.418. The Kier molecular flexibility index (Phi) is 4.38. The van der Waals surface area contributed by atoms with Crippen molar-refractivity contribution in [3.05, 3.63) is 12.2 Å². The van der Waals surface area contributed by atoms with Crippen LogP contribution in [0.5, 0.6) is 0 Å². The zero-order valence-electron chi connectivity index (χ0n) is 9.21. The summed E-state index contributed by atoms with van der Waals surface area (Å²) in [4.78, 5) is 10.6. The number of hydrogen-bond acceptors (Lipinski definition) is 3. The molecular formula is C12H16O3. The highest BCUT2D eigenvalue weighted by Crippen LogP contribution is 2.46. The molecule has 0 unspecified atom stereocenters. The molecule has 0 radical (unpaired) electrons. The second kappa shape index (κ2) is 5.57. The van der Waals surface area contributed by atoms with Gasteiger partial charge in [0.1, 0.15) is 6.61 Å². The van der Waals surface area contributed by atoms with E-state index in [9.17, 15) is 4.79 Å². The molecule has 1 aliphatic carbocycles. The van der Waals surface area contributed by atoms with Crippen LogP contribution in [0.15, 0.2) is 12.2 Å². The molecule has 82 valence electrons. The molecule has 0 atom stereocenters. The molecule has 3 nitrogen and oxygen atoms in total. The Morgan fingerprint density at radius 2 is 2.27 bits per heavy atom. The van der Waals surface area contributed by atoms with Crippen molar-refractivity contribution in [2.45, 2.75) is 19.8 Å². The van der Waals surface area contributed by atoms with E-state index in [-0.39, 0.29) is 6.61 Å². The molecular weight excluding hydrogens is 192 g/mol. The van der Waals surface area contributed by atoms with E-state index >= 15 is 0 Å². The summed E-state index contributed by atoms with van der Waals surface area (Å²) in [5.74, 6) is 4.33. The highest BCUT2D eigenvalue weighted by atomic mass is 16.5. The number of hydrogen-bond donors (Lipinski definition) is 0. The quantitative estimate of drug-likeness (QED) is 0.231. The number of methoxy groups -OCH3 is 1. The van der Waals surface area contributed by atoms with Crippen molar-refractivity contribution < 1.29 is 14.3 Å². The SMILES string of the molecule is COC(=O)C#CCOC/C=C/C1(C)CC1. The van der Waals surface area contributed by atoms with E-state index in [0.29, 0.717) is 12.0 Å². The molecule has 1 rings (SSSR count). The number of esters is 1. The summed E-state index contributed by atoms with van der Waals surface area (Å²) >= 11 is 0. The normalized spacial score (nSPS) is 16.9. The molecule has 0 N–H and O–H groups in total. The van der Waals surface area contributed by atoms with Crippen LogP contribution in [0.2, 0.25) is 0 Å². The average molecular weight is 208 g/mol. The fourth-order valence-corrected chi connectivity index (χ4v) is 1.03. The molecule has 0 spiro atoms. The van der Waals surface area contributed by atoms with Crippen molar-refractivity contribution in [1.29, 1.82) is 0 Å². The zero-order valence-corrected chi connectivity index (χ0v) is 9.21. The van der Waals surface area contributed by atoms with Crippen LogP contribution in [0.1, 0.15) is 19.8 Å². The van der Waals surface area contributed by atoms with Crippen LogP contribution >= 0.6 is 0 Å². The molecule has 15 heavy (non-hydrogen) atoms. The minimum atomic E-state index is -0.528. The van der Waals surface area contributed by atoms with Crippen LogP contribution < -0.4 is 0 Å². The van der Waals surface area contributed by atoms with Gasteiger partial charge in [-0.1, -0.05) is 25.0 Å². The van der Waals surface area contributed by atoms with Crippen LogP contribution in [0.25, 0.3) is 0 Å². The van der Waals surface area contributed by atoms with E-state index in [1.54, 1.807) is 0 Å². The minimum Gasteiger partial charge on any atom is -0.459 e. The third-order valence-electron chi connectivity index (χ3n) is 2.32. The molecule has 0 bridgehead atoms. The van der Waals surface area contributed by atoms with Gasteiger partial charge in [-0.15, -0.1) is 0 Å².